The molecule has 0 aliphatic heterocycles. The van der Waals surface area contributed by atoms with Gasteiger partial charge in [0.25, 0.3) is 0 Å². The molecule has 1 aromatic carbocycles. The Morgan fingerprint density at radius 2 is 2.00 bits per heavy atom. The molecule has 0 radical (unpaired) electrons. The van der Waals surface area contributed by atoms with Gasteiger partial charge in [-0.15, -0.1) is 11.6 Å². The van der Waals surface area contributed by atoms with E-state index in [2.05, 4.69) is 0 Å². The summed E-state index contributed by atoms with van der Waals surface area (Å²) in [5.41, 5.74) is 1.56. The summed E-state index contributed by atoms with van der Waals surface area (Å²) in [4.78, 5) is 0. The summed E-state index contributed by atoms with van der Waals surface area (Å²) < 4.78 is 0. The highest BCUT2D eigenvalue weighted by Gasteiger charge is 2.19. The van der Waals surface area contributed by atoms with Crippen LogP contribution in [0.4, 0.5) is 0 Å². The normalized spacial score (nSPS) is 15.0. The van der Waals surface area contributed by atoms with Crippen LogP contribution < -0.4 is 0 Å². The first-order valence-corrected chi connectivity index (χ1v) is 5.65. The second-order valence-corrected chi connectivity index (χ2v) is 4.31. The molecular weight excluding hydrogens is 235 g/mol. The number of rotatable bonds is 4. The van der Waals surface area contributed by atoms with Crippen molar-refractivity contribution in [3.05, 3.63) is 34.3 Å². The van der Waals surface area contributed by atoms with E-state index in [1.54, 1.807) is 18.2 Å². The van der Waals surface area contributed by atoms with Crippen LogP contribution >= 0.6 is 23.2 Å². The summed E-state index contributed by atoms with van der Waals surface area (Å²) in [6.07, 6.45) is -1.37. The summed E-state index contributed by atoms with van der Waals surface area (Å²) >= 11 is 11.3. The van der Waals surface area contributed by atoms with Crippen molar-refractivity contribution in [3.8, 4) is 0 Å². The van der Waals surface area contributed by atoms with Gasteiger partial charge in [0.05, 0.1) is 6.10 Å². The third-order valence-electron chi connectivity index (χ3n) is 2.32. The van der Waals surface area contributed by atoms with Crippen LogP contribution in [-0.4, -0.2) is 22.2 Å². The lowest BCUT2D eigenvalue weighted by Crippen LogP contribution is -2.19. The van der Waals surface area contributed by atoms with Gasteiger partial charge in [-0.2, -0.15) is 0 Å². The van der Waals surface area contributed by atoms with Crippen molar-refractivity contribution < 1.29 is 10.2 Å². The van der Waals surface area contributed by atoms with Crippen LogP contribution in [-0.2, 0) is 0 Å². The lowest BCUT2D eigenvalue weighted by Gasteiger charge is -2.19. The molecule has 0 saturated heterocycles. The van der Waals surface area contributed by atoms with Crippen molar-refractivity contribution in [2.24, 2.45) is 0 Å². The molecule has 2 atom stereocenters. The van der Waals surface area contributed by atoms with Crippen LogP contribution in [0.1, 0.15) is 23.7 Å². The molecule has 1 aromatic rings. The summed E-state index contributed by atoms with van der Waals surface area (Å²) in [6.45, 7) is 1.85. The van der Waals surface area contributed by atoms with Crippen molar-refractivity contribution in [2.45, 2.75) is 25.6 Å². The minimum absolute atomic E-state index is 0.324. The predicted octanol–water partition coefficient (Wildman–Crippen LogP) is 2.67. The van der Waals surface area contributed by atoms with Gasteiger partial charge in [0, 0.05) is 10.9 Å². The number of aliphatic hydroxyl groups is 2. The molecular formula is C11H14Cl2O2. The van der Waals surface area contributed by atoms with Crippen molar-refractivity contribution >= 4 is 23.2 Å². The zero-order valence-electron chi connectivity index (χ0n) is 8.45. The smallest absolute Gasteiger partial charge is 0.105 e. The molecule has 0 heterocycles. The van der Waals surface area contributed by atoms with Crippen LogP contribution in [0.25, 0.3) is 0 Å². The topological polar surface area (TPSA) is 40.5 Å². The molecule has 0 amide bonds. The first-order valence-electron chi connectivity index (χ1n) is 4.74. The largest absolute Gasteiger partial charge is 0.390 e. The maximum absolute atomic E-state index is 9.84. The molecule has 0 spiro atoms. The number of hydrogen-bond donors (Lipinski definition) is 2. The molecule has 4 heteroatoms. The van der Waals surface area contributed by atoms with Crippen molar-refractivity contribution in [1.29, 1.82) is 0 Å². The standard InChI is InChI=1S/C11H14Cl2O2/c1-7-6-8(13)2-3-9(7)11(15)10(14)4-5-12/h2-3,6,10-11,14-15H,4-5H2,1H3. The quantitative estimate of drug-likeness (QED) is 0.805. The van der Waals surface area contributed by atoms with E-state index in [4.69, 9.17) is 23.2 Å². The highest BCUT2D eigenvalue weighted by atomic mass is 35.5. The Morgan fingerprint density at radius 1 is 1.33 bits per heavy atom. The molecule has 2 unspecified atom stereocenters. The maximum atomic E-state index is 9.84. The van der Waals surface area contributed by atoms with Gasteiger partial charge in [0.2, 0.25) is 0 Å². The number of alkyl halides is 1. The van der Waals surface area contributed by atoms with E-state index < -0.39 is 12.2 Å². The molecule has 15 heavy (non-hydrogen) atoms. The second-order valence-electron chi connectivity index (χ2n) is 3.49. The van der Waals surface area contributed by atoms with Gasteiger partial charge in [-0.05, 0) is 36.6 Å². The molecule has 0 bridgehead atoms. The third kappa shape index (κ3) is 3.35. The number of aliphatic hydroxyl groups excluding tert-OH is 2. The predicted molar refractivity (Wildman–Crippen MR) is 62.5 cm³/mol. The van der Waals surface area contributed by atoms with Gasteiger partial charge in [0.1, 0.15) is 6.10 Å². The van der Waals surface area contributed by atoms with Gasteiger partial charge in [-0.1, -0.05) is 17.7 Å². The fourth-order valence-electron chi connectivity index (χ4n) is 1.45. The number of halogens is 2. The zero-order chi connectivity index (χ0) is 11.4. The fourth-order valence-corrected chi connectivity index (χ4v) is 1.90. The average Bonchev–Trinajstić information content (AvgIpc) is 2.17. The van der Waals surface area contributed by atoms with E-state index in [0.717, 1.165) is 5.56 Å². The second kappa shape index (κ2) is 5.71. The SMILES string of the molecule is Cc1cc(Cl)ccc1C(O)C(O)CCCl. The third-order valence-corrected chi connectivity index (χ3v) is 2.77. The first kappa shape index (κ1) is 12.8. The van der Waals surface area contributed by atoms with Crippen LogP contribution in [0.5, 0.6) is 0 Å². The van der Waals surface area contributed by atoms with Crippen LogP contribution in [0.3, 0.4) is 0 Å². The number of aryl methyl sites for hydroxylation is 1. The Balaban J connectivity index is 2.86. The zero-order valence-corrected chi connectivity index (χ0v) is 9.96. The highest BCUT2D eigenvalue weighted by Crippen LogP contribution is 2.24. The summed E-state index contributed by atoms with van der Waals surface area (Å²) in [5.74, 6) is 0.324. The lowest BCUT2D eigenvalue weighted by molar-refractivity contribution is 0.0166. The summed E-state index contributed by atoms with van der Waals surface area (Å²) in [5, 5.41) is 20.1. The fraction of sp³-hybridized carbons (Fsp3) is 0.455. The van der Waals surface area contributed by atoms with E-state index in [9.17, 15) is 10.2 Å². The van der Waals surface area contributed by atoms with E-state index in [1.807, 2.05) is 6.92 Å². The summed E-state index contributed by atoms with van der Waals surface area (Å²) in [6, 6.07) is 5.17. The highest BCUT2D eigenvalue weighted by molar-refractivity contribution is 6.30. The Kier molecular flexibility index (Phi) is 4.87. The Hall–Kier alpha value is -0.280. The van der Waals surface area contributed by atoms with Crippen LogP contribution in [0, 0.1) is 6.92 Å². The molecule has 0 aliphatic rings. The molecule has 0 aliphatic carbocycles. The van der Waals surface area contributed by atoms with Crippen LogP contribution in [0.15, 0.2) is 18.2 Å². The molecule has 2 nitrogen and oxygen atoms in total. The molecule has 0 aromatic heterocycles. The van der Waals surface area contributed by atoms with Gasteiger partial charge in [0.15, 0.2) is 0 Å². The monoisotopic (exact) mass is 248 g/mol. The van der Waals surface area contributed by atoms with E-state index in [0.29, 0.717) is 22.9 Å². The van der Waals surface area contributed by atoms with Crippen molar-refractivity contribution in [1.82, 2.24) is 0 Å². The molecule has 84 valence electrons. The van der Waals surface area contributed by atoms with E-state index >= 15 is 0 Å². The number of benzene rings is 1. The molecule has 0 saturated carbocycles. The maximum Gasteiger partial charge on any atom is 0.105 e. The van der Waals surface area contributed by atoms with Gasteiger partial charge < -0.3 is 10.2 Å². The molecule has 0 fully saturated rings. The summed E-state index contributed by atoms with van der Waals surface area (Å²) in [7, 11) is 0. The van der Waals surface area contributed by atoms with Crippen LogP contribution in [0.2, 0.25) is 5.02 Å². The molecule has 1 rings (SSSR count). The van der Waals surface area contributed by atoms with E-state index in [-0.39, 0.29) is 0 Å². The Bertz CT molecular complexity index is 328. The minimum Gasteiger partial charge on any atom is -0.390 e. The lowest BCUT2D eigenvalue weighted by atomic mass is 9.98. The Morgan fingerprint density at radius 3 is 2.53 bits per heavy atom. The minimum atomic E-state index is -0.902. The van der Waals surface area contributed by atoms with Gasteiger partial charge in [-0.3, -0.25) is 0 Å². The average molecular weight is 249 g/mol. The molecule has 2 N–H and O–H groups in total. The number of hydrogen-bond acceptors (Lipinski definition) is 2. The first-order chi connectivity index (χ1) is 7.06. The van der Waals surface area contributed by atoms with Crippen molar-refractivity contribution in [2.75, 3.05) is 5.88 Å². The van der Waals surface area contributed by atoms with Crippen molar-refractivity contribution in [3.63, 3.8) is 0 Å². The Labute approximate surface area is 99.5 Å². The van der Waals surface area contributed by atoms with E-state index in [1.165, 1.54) is 0 Å². The van der Waals surface area contributed by atoms with Gasteiger partial charge in [-0.25, -0.2) is 0 Å². The van der Waals surface area contributed by atoms with Gasteiger partial charge >= 0.3 is 0 Å².